The van der Waals surface area contributed by atoms with Crippen LogP contribution in [0.5, 0.6) is 0 Å². The van der Waals surface area contributed by atoms with E-state index in [4.69, 9.17) is 21.9 Å². The summed E-state index contributed by atoms with van der Waals surface area (Å²) < 4.78 is 7.14. The van der Waals surface area contributed by atoms with E-state index in [1.54, 1.807) is 42.1 Å². The first-order valence-corrected chi connectivity index (χ1v) is 11.4. The second-order valence-electron chi connectivity index (χ2n) is 8.56. The molecule has 3 aromatic heterocycles. The second-order valence-corrected chi connectivity index (χ2v) is 8.97. The van der Waals surface area contributed by atoms with Gasteiger partial charge in [-0.05, 0) is 56.4 Å². The average Bonchev–Trinajstić information content (AvgIpc) is 3.21. The fourth-order valence-electron chi connectivity index (χ4n) is 4.87. The quantitative estimate of drug-likeness (QED) is 0.473. The molecule has 0 saturated heterocycles. The molecular formula is C24H24ClN5O3. The van der Waals surface area contributed by atoms with Gasteiger partial charge >= 0.3 is 0 Å². The highest BCUT2D eigenvalue weighted by atomic mass is 35.5. The van der Waals surface area contributed by atoms with Crippen molar-refractivity contribution >= 4 is 39.3 Å². The topological polar surface area (TPSA) is 116 Å². The zero-order valence-corrected chi connectivity index (χ0v) is 18.9. The largest absolute Gasteiger partial charge is 0.360 e. The molecule has 1 fully saturated rings. The predicted molar refractivity (Wildman–Crippen MR) is 126 cm³/mol. The standard InChI is InChI=1S/C24H24ClN5O3/c1-13-19-22(29-33-13)20-17(25)8-3-9-18(20)30(24(19)32)16-7-2-6-15(11-16)28-23(31)21(26)14-5-4-10-27-12-14/h3-5,8-10,12,15-16,21H,2,6-7,11,26H2,1H3,(H,28,31). The third kappa shape index (κ3) is 3.79. The van der Waals surface area contributed by atoms with Crippen molar-refractivity contribution in [2.45, 2.75) is 50.7 Å². The number of pyridine rings is 2. The van der Waals surface area contributed by atoms with Crippen molar-refractivity contribution < 1.29 is 9.32 Å². The first-order chi connectivity index (χ1) is 16.0. The van der Waals surface area contributed by atoms with Gasteiger partial charge in [0.15, 0.2) is 0 Å². The summed E-state index contributed by atoms with van der Waals surface area (Å²) in [5.41, 5.74) is 7.86. The van der Waals surface area contributed by atoms with Crippen molar-refractivity contribution in [3.63, 3.8) is 0 Å². The molecule has 33 heavy (non-hydrogen) atoms. The van der Waals surface area contributed by atoms with E-state index in [1.807, 2.05) is 12.1 Å². The van der Waals surface area contributed by atoms with Crippen molar-refractivity contribution in [3.8, 4) is 0 Å². The molecule has 3 heterocycles. The summed E-state index contributed by atoms with van der Waals surface area (Å²) >= 11 is 6.53. The lowest BCUT2D eigenvalue weighted by Gasteiger charge is -2.32. The van der Waals surface area contributed by atoms with Gasteiger partial charge in [0.2, 0.25) is 5.91 Å². The molecule has 0 spiro atoms. The van der Waals surface area contributed by atoms with Crippen molar-refractivity contribution in [1.82, 2.24) is 20.0 Å². The van der Waals surface area contributed by atoms with Crippen LogP contribution in [0.15, 0.2) is 52.0 Å². The Hall–Kier alpha value is -3.23. The van der Waals surface area contributed by atoms with Crippen LogP contribution in [-0.4, -0.2) is 26.7 Å². The van der Waals surface area contributed by atoms with Crippen LogP contribution >= 0.6 is 11.6 Å². The van der Waals surface area contributed by atoms with E-state index in [-0.39, 0.29) is 23.6 Å². The van der Waals surface area contributed by atoms with Crippen LogP contribution in [0.3, 0.4) is 0 Å². The van der Waals surface area contributed by atoms with Gasteiger partial charge in [0.1, 0.15) is 22.7 Å². The molecule has 1 aromatic carbocycles. The maximum absolute atomic E-state index is 13.6. The van der Waals surface area contributed by atoms with E-state index in [0.29, 0.717) is 39.1 Å². The molecule has 1 amide bonds. The molecule has 8 nitrogen and oxygen atoms in total. The number of carbonyl (C=O) groups excluding carboxylic acids is 1. The lowest BCUT2D eigenvalue weighted by molar-refractivity contribution is -0.123. The van der Waals surface area contributed by atoms with E-state index in [2.05, 4.69) is 15.5 Å². The molecule has 1 aliphatic carbocycles. The van der Waals surface area contributed by atoms with E-state index >= 15 is 0 Å². The van der Waals surface area contributed by atoms with Crippen LogP contribution in [0.1, 0.15) is 49.1 Å². The van der Waals surface area contributed by atoms with Gasteiger partial charge in [-0.1, -0.05) is 28.9 Å². The first-order valence-electron chi connectivity index (χ1n) is 11.0. The number of benzene rings is 1. The number of halogens is 1. The van der Waals surface area contributed by atoms with E-state index in [1.165, 1.54) is 0 Å². The molecule has 170 valence electrons. The van der Waals surface area contributed by atoms with Crippen molar-refractivity contribution in [1.29, 1.82) is 0 Å². The summed E-state index contributed by atoms with van der Waals surface area (Å²) in [6.45, 7) is 1.73. The molecule has 1 saturated carbocycles. The minimum absolute atomic E-state index is 0.0978. The molecule has 0 radical (unpaired) electrons. The van der Waals surface area contributed by atoms with Crippen molar-refractivity contribution in [2.24, 2.45) is 5.73 Å². The maximum atomic E-state index is 13.6. The second kappa shape index (κ2) is 8.61. The van der Waals surface area contributed by atoms with Crippen LogP contribution < -0.4 is 16.6 Å². The maximum Gasteiger partial charge on any atom is 0.264 e. The van der Waals surface area contributed by atoms with E-state index < -0.39 is 6.04 Å². The van der Waals surface area contributed by atoms with Gasteiger partial charge in [0.25, 0.3) is 5.56 Å². The minimum Gasteiger partial charge on any atom is -0.360 e. The fourth-order valence-corrected chi connectivity index (χ4v) is 5.13. The smallest absolute Gasteiger partial charge is 0.264 e. The average molecular weight is 466 g/mol. The van der Waals surface area contributed by atoms with Crippen LogP contribution in [0.4, 0.5) is 0 Å². The van der Waals surface area contributed by atoms with Gasteiger partial charge in [0, 0.05) is 29.9 Å². The number of nitrogens with one attached hydrogen (secondary N) is 1. The number of carbonyl (C=O) groups is 1. The number of fused-ring (bicyclic) bond motifs is 3. The molecule has 3 atom stereocenters. The zero-order chi connectivity index (χ0) is 23.1. The Morgan fingerprint density at radius 1 is 1.27 bits per heavy atom. The Bertz CT molecular complexity index is 1400. The third-order valence-corrected chi connectivity index (χ3v) is 6.78. The molecule has 9 heteroatoms. The highest BCUT2D eigenvalue weighted by Gasteiger charge is 2.29. The van der Waals surface area contributed by atoms with Crippen LogP contribution in [0.25, 0.3) is 21.8 Å². The minimum atomic E-state index is -0.794. The number of rotatable bonds is 4. The summed E-state index contributed by atoms with van der Waals surface area (Å²) in [4.78, 5) is 30.4. The van der Waals surface area contributed by atoms with E-state index in [0.717, 1.165) is 24.8 Å². The Balaban J connectivity index is 1.48. The van der Waals surface area contributed by atoms with Crippen LogP contribution in [-0.2, 0) is 4.79 Å². The number of aromatic nitrogens is 3. The van der Waals surface area contributed by atoms with Crippen molar-refractivity contribution in [3.05, 3.63) is 69.4 Å². The molecule has 5 rings (SSSR count). The molecule has 3 unspecified atom stereocenters. The Kier molecular flexibility index (Phi) is 5.64. The molecular weight excluding hydrogens is 442 g/mol. The van der Waals surface area contributed by atoms with Crippen molar-refractivity contribution in [2.75, 3.05) is 0 Å². The van der Waals surface area contributed by atoms with E-state index in [9.17, 15) is 9.59 Å². The monoisotopic (exact) mass is 465 g/mol. The Labute approximate surface area is 194 Å². The number of amides is 1. The van der Waals surface area contributed by atoms with Gasteiger partial charge < -0.3 is 20.1 Å². The predicted octanol–water partition coefficient (Wildman–Crippen LogP) is 3.80. The Morgan fingerprint density at radius 2 is 2.12 bits per heavy atom. The number of nitrogens with zero attached hydrogens (tertiary/aromatic N) is 3. The number of hydrogen-bond donors (Lipinski definition) is 2. The summed E-state index contributed by atoms with van der Waals surface area (Å²) in [6, 6.07) is 8.03. The Morgan fingerprint density at radius 3 is 2.91 bits per heavy atom. The first kappa shape index (κ1) is 21.6. The molecule has 0 aliphatic heterocycles. The van der Waals surface area contributed by atoms with Crippen LogP contribution in [0, 0.1) is 6.92 Å². The van der Waals surface area contributed by atoms with Gasteiger partial charge in [-0.2, -0.15) is 0 Å². The lowest BCUT2D eigenvalue weighted by Crippen LogP contribution is -2.44. The van der Waals surface area contributed by atoms with Gasteiger partial charge in [-0.15, -0.1) is 0 Å². The molecule has 0 bridgehead atoms. The fraction of sp³-hybridized carbons (Fsp3) is 0.333. The number of hydrogen-bond acceptors (Lipinski definition) is 6. The highest BCUT2D eigenvalue weighted by molar-refractivity contribution is 6.37. The number of nitrogens with two attached hydrogens (primary N) is 1. The molecule has 1 aliphatic rings. The summed E-state index contributed by atoms with van der Waals surface area (Å²) in [5.74, 6) is 0.216. The van der Waals surface area contributed by atoms with Gasteiger partial charge in [-0.3, -0.25) is 14.6 Å². The summed E-state index contributed by atoms with van der Waals surface area (Å²) in [6.07, 6.45) is 6.36. The van der Waals surface area contributed by atoms with Gasteiger partial charge in [0.05, 0.1) is 10.5 Å². The van der Waals surface area contributed by atoms with Gasteiger partial charge in [-0.25, -0.2) is 0 Å². The third-order valence-electron chi connectivity index (χ3n) is 6.47. The summed E-state index contributed by atoms with van der Waals surface area (Å²) in [5, 5.41) is 8.85. The summed E-state index contributed by atoms with van der Waals surface area (Å²) in [7, 11) is 0. The lowest BCUT2D eigenvalue weighted by atomic mass is 9.89. The zero-order valence-electron chi connectivity index (χ0n) is 18.1. The number of aryl methyl sites for hydroxylation is 1. The SMILES string of the molecule is Cc1onc2c1c(=O)n(C1CCCC(NC(=O)C(N)c3cccnc3)C1)c1cccc(Cl)c21. The molecule has 4 aromatic rings. The van der Waals surface area contributed by atoms with Crippen LogP contribution in [0.2, 0.25) is 5.02 Å². The molecule has 3 N–H and O–H groups in total. The highest BCUT2D eigenvalue weighted by Crippen LogP contribution is 2.35. The normalized spacial score (nSPS) is 19.6.